The highest BCUT2D eigenvalue weighted by atomic mass is 32.2. The molecule has 0 radical (unpaired) electrons. The van der Waals surface area contributed by atoms with Gasteiger partial charge in [0.1, 0.15) is 4.21 Å². The van der Waals surface area contributed by atoms with Crippen molar-refractivity contribution in [3.05, 3.63) is 40.8 Å². The number of aromatic nitrogens is 1. The van der Waals surface area contributed by atoms with Gasteiger partial charge < -0.3 is 4.90 Å². The highest BCUT2D eigenvalue weighted by Crippen LogP contribution is 2.35. The number of piperidine rings is 1. The smallest absolute Gasteiger partial charge is 0.252 e. The zero-order valence-electron chi connectivity index (χ0n) is 20.2. The molecule has 1 saturated heterocycles. The van der Waals surface area contributed by atoms with Crippen LogP contribution >= 0.6 is 22.7 Å². The number of sulfonamides is 1. The van der Waals surface area contributed by atoms with Crippen molar-refractivity contribution in [2.24, 2.45) is 5.92 Å². The van der Waals surface area contributed by atoms with Gasteiger partial charge >= 0.3 is 0 Å². The van der Waals surface area contributed by atoms with Crippen LogP contribution in [0.2, 0.25) is 0 Å². The maximum absolute atomic E-state index is 13.7. The van der Waals surface area contributed by atoms with E-state index in [-0.39, 0.29) is 11.8 Å². The van der Waals surface area contributed by atoms with Crippen molar-refractivity contribution >= 4 is 54.0 Å². The van der Waals surface area contributed by atoms with E-state index in [9.17, 15) is 13.2 Å². The first-order chi connectivity index (χ1) is 16.2. The molecule has 0 saturated carbocycles. The van der Waals surface area contributed by atoms with Crippen LogP contribution in [-0.4, -0.2) is 68.8 Å². The number of anilines is 1. The number of hydrogen-bond donors (Lipinski definition) is 0. The largest absolute Gasteiger partial charge is 0.309 e. The summed E-state index contributed by atoms with van der Waals surface area (Å²) in [6.45, 7) is 6.33. The van der Waals surface area contributed by atoms with Gasteiger partial charge in [0.05, 0.1) is 10.2 Å². The van der Waals surface area contributed by atoms with Crippen molar-refractivity contribution in [2.75, 3.05) is 45.2 Å². The third kappa shape index (κ3) is 5.21. The molecule has 1 fully saturated rings. The number of fused-ring (bicyclic) bond motifs is 1. The van der Waals surface area contributed by atoms with Crippen molar-refractivity contribution in [3.63, 3.8) is 0 Å². The molecular formula is C24H32N4O3S3. The summed E-state index contributed by atoms with van der Waals surface area (Å²) >= 11 is 2.81. The van der Waals surface area contributed by atoms with Crippen molar-refractivity contribution in [1.29, 1.82) is 0 Å². The predicted octanol–water partition coefficient (Wildman–Crippen LogP) is 4.36. The summed E-state index contributed by atoms with van der Waals surface area (Å²) in [6, 6.07) is 7.56. The van der Waals surface area contributed by atoms with Crippen molar-refractivity contribution in [1.82, 2.24) is 14.2 Å². The first-order valence-corrected chi connectivity index (χ1v) is 14.7. The molecule has 0 aliphatic carbocycles. The van der Waals surface area contributed by atoms with E-state index in [0.717, 1.165) is 39.4 Å². The highest BCUT2D eigenvalue weighted by Gasteiger charge is 2.35. The van der Waals surface area contributed by atoms with Crippen LogP contribution in [0.1, 0.15) is 30.4 Å². The van der Waals surface area contributed by atoms with Crippen LogP contribution < -0.4 is 4.90 Å². The minimum atomic E-state index is -3.48. The van der Waals surface area contributed by atoms with Gasteiger partial charge in [0.25, 0.3) is 10.0 Å². The number of thiophene rings is 1. The molecule has 10 heteroatoms. The molecule has 2 aromatic heterocycles. The van der Waals surface area contributed by atoms with E-state index in [2.05, 4.69) is 24.0 Å². The average molecular weight is 521 g/mol. The summed E-state index contributed by atoms with van der Waals surface area (Å²) < 4.78 is 28.8. The van der Waals surface area contributed by atoms with Crippen LogP contribution in [0.3, 0.4) is 0 Å². The van der Waals surface area contributed by atoms with Crippen LogP contribution in [0, 0.1) is 19.8 Å². The maximum atomic E-state index is 13.7. The molecule has 0 atom stereocenters. The van der Waals surface area contributed by atoms with Gasteiger partial charge in [0, 0.05) is 25.6 Å². The predicted molar refractivity (Wildman–Crippen MR) is 140 cm³/mol. The molecule has 0 unspecified atom stereocenters. The van der Waals surface area contributed by atoms with Gasteiger partial charge in [0.2, 0.25) is 5.91 Å². The number of rotatable bonds is 8. The fourth-order valence-corrected chi connectivity index (χ4v) is 8.07. The number of hydrogen-bond acceptors (Lipinski definition) is 7. The fourth-order valence-electron chi connectivity index (χ4n) is 4.31. The van der Waals surface area contributed by atoms with E-state index in [1.807, 2.05) is 25.9 Å². The number of amides is 1. The van der Waals surface area contributed by atoms with Crippen molar-refractivity contribution in [3.8, 4) is 0 Å². The maximum Gasteiger partial charge on any atom is 0.252 e. The lowest BCUT2D eigenvalue weighted by molar-refractivity contribution is -0.123. The van der Waals surface area contributed by atoms with E-state index in [1.54, 1.807) is 28.8 Å². The summed E-state index contributed by atoms with van der Waals surface area (Å²) in [7, 11) is 0.577. The summed E-state index contributed by atoms with van der Waals surface area (Å²) in [5.41, 5.74) is 3.23. The molecule has 1 amide bonds. The lowest BCUT2D eigenvalue weighted by atomic mass is 9.96. The van der Waals surface area contributed by atoms with Gasteiger partial charge in [-0.05, 0) is 76.3 Å². The van der Waals surface area contributed by atoms with Crippen LogP contribution in [0.5, 0.6) is 0 Å². The Labute approximate surface area is 210 Å². The molecular weight excluding hydrogens is 488 g/mol. The molecule has 3 heterocycles. The molecule has 1 aromatic carbocycles. The number of carbonyl (C=O) groups excluding carboxylic acids is 1. The number of aryl methyl sites for hydroxylation is 2. The second kappa shape index (κ2) is 10.4. The van der Waals surface area contributed by atoms with Gasteiger partial charge in [-0.25, -0.2) is 13.4 Å². The van der Waals surface area contributed by atoms with E-state index in [0.29, 0.717) is 36.7 Å². The van der Waals surface area contributed by atoms with E-state index in [4.69, 9.17) is 4.98 Å². The molecule has 1 aliphatic heterocycles. The van der Waals surface area contributed by atoms with E-state index >= 15 is 0 Å². The Morgan fingerprint density at radius 3 is 2.44 bits per heavy atom. The lowest BCUT2D eigenvalue weighted by Crippen LogP contribution is -2.45. The molecule has 3 aromatic rings. The zero-order chi connectivity index (χ0) is 24.5. The normalized spacial score (nSPS) is 15.9. The Hall–Kier alpha value is -1.85. The standard InChI is InChI=1S/C24H32N4O3S3/c1-17-8-9-18(2)22-21(17)25-24(33-22)28(13-6-12-26(3)4)23(29)19-10-14-27(15-11-19)34(30,31)20-7-5-16-32-20/h5,7-9,16,19H,6,10-15H2,1-4H3. The number of nitrogens with zero attached hydrogens (tertiary/aromatic N) is 4. The molecule has 0 spiro atoms. The number of benzene rings is 1. The highest BCUT2D eigenvalue weighted by molar-refractivity contribution is 7.91. The number of thiazole rings is 1. The molecule has 0 bridgehead atoms. The van der Waals surface area contributed by atoms with Crippen LogP contribution in [0.25, 0.3) is 10.2 Å². The Morgan fingerprint density at radius 2 is 1.82 bits per heavy atom. The molecule has 184 valence electrons. The Balaban J connectivity index is 1.53. The molecule has 7 nitrogen and oxygen atoms in total. The van der Waals surface area contributed by atoms with E-state index in [1.165, 1.54) is 15.6 Å². The Bertz CT molecular complexity index is 1200. The second-order valence-electron chi connectivity index (χ2n) is 9.13. The minimum absolute atomic E-state index is 0.0567. The summed E-state index contributed by atoms with van der Waals surface area (Å²) in [4.78, 5) is 22.6. The Morgan fingerprint density at radius 1 is 1.12 bits per heavy atom. The summed E-state index contributed by atoms with van der Waals surface area (Å²) in [6.07, 6.45) is 1.89. The van der Waals surface area contributed by atoms with Crippen molar-refractivity contribution < 1.29 is 13.2 Å². The molecule has 34 heavy (non-hydrogen) atoms. The average Bonchev–Trinajstić information content (AvgIpc) is 3.50. The monoisotopic (exact) mass is 520 g/mol. The quantitative estimate of drug-likeness (QED) is 0.441. The van der Waals surface area contributed by atoms with Crippen LogP contribution in [0.4, 0.5) is 5.13 Å². The van der Waals surface area contributed by atoms with Crippen LogP contribution in [0.15, 0.2) is 33.9 Å². The third-order valence-electron chi connectivity index (χ3n) is 6.31. The Kier molecular flexibility index (Phi) is 7.73. The molecule has 1 aliphatic rings. The molecule has 4 rings (SSSR count). The summed E-state index contributed by atoms with van der Waals surface area (Å²) in [5, 5.41) is 2.51. The number of carbonyl (C=O) groups is 1. The topological polar surface area (TPSA) is 73.8 Å². The SMILES string of the molecule is Cc1ccc(C)c2sc(N(CCCN(C)C)C(=O)C3CCN(S(=O)(=O)c4cccs4)CC3)nc12. The van der Waals surface area contributed by atoms with Crippen molar-refractivity contribution in [2.45, 2.75) is 37.3 Å². The third-order valence-corrected chi connectivity index (χ3v) is 10.8. The minimum Gasteiger partial charge on any atom is -0.309 e. The lowest BCUT2D eigenvalue weighted by Gasteiger charge is -2.32. The van der Waals surface area contributed by atoms with Gasteiger partial charge in [-0.1, -0.05) is 29.5 Å². The van der Waals surface area contributed by atoms with Crippen LogP contribution in [-0.2, 0) is 14.8 Å². The first-order valence-electron chi connectivity index (χ1n) is 11.5. The fraction of sp³-hybridized carbons (Fsp3) is 0.500. The molecule has 0 N–H and O–H groups in total. The van der Waals surface area contributed by atoms with E-state index < -0.39 is 10.0 Å². The second-order valence-corrected chi connectivity index (χ2v) is 13.2. The summed E-state index contributed by atoms with van der Waals surface area (Å²) in [5.74, 6) is -0.148. The van der Waals surface area contributed by atoms with Gasteiger partial charge in [-0.15, -0.1) is 11.3 Å². The van der Waals surface area contributed by atoms with Gasteiger partial charge in [0.15, 0.2) is 5.13 Å². The first kappa shape index (κ1) is 25.2. The van der Waals surface area contributed by atoms with Gasteiger partial charge in [-0.2, -0.15) is 4.31 Å². The zero-order valence-corrected chi connectivity index (χ0v) is 22.6. The van der Waals surface area contributed by atoms with Gasteiger partial charge in [-0.3, -0.25) is 9.69 Å².